The maximum absolute atomic E-state index is 11.3. The van der Waals surface area contributed by atoms with Crippen molar-refractivity contribution in [1.29, 1.82) is 21.0 Å². The number of aromatic nitrogens is 8. The molecule has 16 aromatic rings. The third kappa shape index (κ3) is 14.1. The fraction of sp³-hybridized carbons (Fsp3) is 0.286. The summed E-state index contributed by atoms with van der Waals surface area (Å²) < 4.78 is 0. The van der Waals surface area contributed by atoms with Crippen molar-refractivity contribution in [3.05, 3.63) is 247 Å². The van der Waals surface area contributed by atoms with Gasteiger partial charge in [0.2, 0.25) is 0 Å². The van der Waals surface area contributed by atoms with Gasteiger partial charge in [-0.15, -0.1) is 0 Å². The van der Waals surface area contributed by atoms with Crippen LogP contribution in [-0.4, -0.2) is 39.9 Å². The van der Waals surface area contributed by atoms with Crippen molar-refractivity contribution in [2.75, 3.05) is 0 Å². The van der Waals surface area contributed by atoms with Gasteiger partial charge in [-0.3, -0.25) is 0 Å². The van der Waals surface area contributed by atoms with Gasteiger partial charge in [0.25, 0.3) is 0 Å². The van der Waals surface area contributed by atoms with Crippen molar-refractivity contribution in [2.24, 2.45) is 0 Å². The second-order valence-corrected chi connectivity index (χ2v) is 43.0. The second-order valence-electron chi connectivity index (χ2n) is 43.0. The summed E-state index contributed by atoms with van der Waals surface area (Å²) in [5.74, 6) is 0. The topological polar surface area (TPSA) is 210 Å². The molecule has 18 rings (SSSR count). The fourth-order valence-electron chi connectivity index (χ4n) is 18.3. The van der Waals surface area contributed by atoms with Crippen LogP contribution in [0.2, 0.25) is 0 Å². The zero-order valence-electron chi connectivity index (χ0n) is 75.9. The van der Waals surface area contributed by atoms with Gasteiger partial charge in [-0.2, -0.15) is 21.0 Å². The van der Waals surface area contributed by atoms with E-state index in [1.165, 1.54) is 22.3 Å². The van der Waals surface area contributed by atoms with Crippen LogP contribution in [-0.2, 0) is 43.3 Å². The molecule has 2 aliphatic rings. The van der Waals surface area contributed by atoms with Crippen LogP contribution in [0.25, 0.3) is 190 Å². The Labute approximate surface area is 726 Å². The summed E-state index contributed by atoms with van der Waals surface area (Å²) >= 11 is 0. The molecule has 0 unspecified atom stereocenters. The van der Waals surface area contributed by atoms with Crippen LogP contribution in [0.15, 0.2) is 158 Å². The van der Waals surface area contributed by atoms with Crippen molar-refractivity contribution in [1.82, 2.24) is 39.9 Å². The summed E-state index contributed by atoms with van der Waals surface area (Å²) in [5, 5.41) is 49.3. The summed E-state index contributed by atoms with van der Waals surface area (Å²) in [5.41, 5.74) is 29.8. The van der Waals surface area contributed by atoms with Crippen LogP contribution in [0.5, 0.6) is 0 Å². The molecule has 12 heteroatoms. The Bertz CT molecular complexity index is 7580. The molecule has 614 valence electrons. The van der Waals surface area contributed by atoms with Gasteiger partial charge < -0.3 is 19.9 Å². The van der Waals surface area contributed by atoms with Gasteiger partial charge in [-0.05, 0) is 230 Å². The third-order valence-corrected chi connectivity index (χ3v) is 25.6. The molecule has 0 saturated carbocycles. The summed E-state index contributed by atoms with van der Waals surface area (Å²) in [7, 11) is 0. The molecule has 0 radical (unpaired) electrons. The van der Waals surface area contributed by atoms with E-state index >= 15 is 0 Å². The largest absolute Gasteiger partial charge is 0.354 e. The average Bonchev–Trinajstić information content (AvgIpc) is 1.54. The zero-order valence-corrected chi connectivity index (χ0v) is 75.9. The van der Waals surface area contributed by atoms with Crippen LogP contribution in [0.4, 0.5) is 0 Å². The highest BCUT2D eigenvalue weighted by Gasteiger charge is 2.33. The number of H-pyrrole nitrogens is 4. The molecule has 9 aromatic heterocycles. The summed E-state index contributed by atoms with van der Waals surface area (Å²) in [6.45, 7) is 54.7. The van der Waals surface area contributed by atoms with Gasteiger partial charge in [0.1, 0.15) is 0 Å². The Morgan fingerprint density at radius 2 is 0.484 bits per heavy atom. The first kappa shape index (κ1) is 81.5. The predicted octanol–water partition coefficient (Wildman–Crippen LogP) is 29.5. The number of hydrogen-bond donors (Lipinski definition) is 4. The maximum Gasteiger partial charge on any atom is 0.0992 e. The van der Waals surface area contributed by atoms with E-state index in [2.05, 4.69) is 356 Å². The molecule has 0 fully saturated rings. The van der Waals surface area contributed by atoms with E-state index in [0.717, 1.165) is 149 Å². The normalized spacial score (nSPS) is 13.2. The molecule has 18 bridgehead atoms. The number of aromatic amines is 4. The number of nitrogens with zero attached hydrogens (tertiary/aromatic N) is 8. The number of nitriles is 4. The van der Waals surface area contributed by atoms with Gasteiger partial charge in [-0.1, -0.05) is 239 Å². The zero-order chi connectivity index (χ0) is 88.3. The van der Waals surface area contributed by atoms with Gasteiger partial charge >= 0.3 is 0 Å². The number of fused-ring (bicyclic) bond motifs is 13. The monoisotopic (exact) mass is 1620 g/mol. The number of nitrogens with one attached hydrogen (secondary N) is 4. The lowest BCUT2D eigenvalue weighted by Crippen LogP contribution is -2.16. The minimum atomic E-state index is -0.323. The lowest BCUT2D eigenvalue weighted by Gasteiger charge is -2.26. The summed E-state index contributed by atoms with van der Waals surface area (Å²) in [4.78, 5) is 41.7. The van der Waals surface area contributed by atoms with E-state index in [9.17, 15) is 21.0 Å². The molecule has 0 atom stereocenters. The van der Waals surface area contributed by atoms with Crippen LogP contribution in [0.3, 0.4) is 0 Å². The Kier molecular flexibility index (Phi) is 18.4. The molecule has 0 amide bonds. The number of benzene rings is 7. The number of hydrogen-bond acceptors (Lipinski definition) is 8. The van der Waals surface area contributed by atoms with E-state index in [1.54, 1.807) is 12.1 Å². The van der Waals surface area contributed by atoms with E-state index < -0.39 is 0 Å². The summed E-state index contributed by atoms with van der Waals surface area (Å²) in [6.07, 6.45) is 8.46. The molecule has 0 aliphatic carbocycles. The first-order chi connectivity index (χ1) is 58.2. The number of rotatable bonds is 6. The van der Waals surface area contributed by atoms with Crippen molar-refractivity contribution in [3.63, 3.8) is 0 Å². The van der Waals surface area contributed by atoms with Crippen LogP contribution >= 0.6 is 0 Å². The highest BCUT2D eigenvalue weighted by Crippen LogP contribution is 2.51. The SMILES string of the molecule is CC(C)(C)c1cc(-c2c3nc(c(-c4cc(C#N)cc(C#N)c4)c4[nH]c5cc4c4cc6nc4c4c7[nH]c(cc7c7cc(nc7c4c4ccc2[nH]4)c5-c2cc(C(C)(C)C)cc(C(C)(C)C)c2)c(-c2cc(C(C)(C)C)cc(C(C)(C)C)c2)c2nc(c(-c4cc(C#N)cc(C#N)c4)c4ccc([nH]4)c6-c4cc(C(C)(C)C)cc(C(C)(C)C)c4)C=C2)C=C3)cc(C(C)(C)C)c1. The minimum Gasteiger partial charge on any atom is -0.354 e. The van der Waals surface area contributed by atoms with Gasteiger partial charge in [0.15, 0.2) is 0 Å². The highest BCUT2D eigenvalue weighted by atomic mass is 14.8. The van der Waals surface area contributed by atoms with Gasteiger partial charge in [-0.25, -0.2) is 19.9 Å². The van der Waals surface area contributed by atoms with Crippen LogP contribution in [0, 0.1) is 45.3 Å². The fourth-order valence-corrected chi connectivity index (χ4v) is 18.3. The van der Waals surface area contributed by atoms with Gasteiger partial charge in [0.05, 0.1) is 102 Å². The predicted molar refractivity (Wildman–Crippen MR) is 518 cm³/mol. The van der Waals surface area contributed by atoms with E-state index in [1.807, 2.05) is 24.3 Å². The van der Waals surface area contributed by atoms with Crippen LogP contribution in [0.1, 0.15) is 256 Å². The van der Waals surface area contributed by atoms with E-state index in [4.69, 9.17) is 19.9 Å². The lowest BCUT2D eigenvalue weighted by molar-refractivity contribution is 0.568. The molecule has 12 nitrogen and oxygen atoms in total. The molecule has 0 saturated heterocycles. The Balaban J connectivity index is 1.21. The molecular weight excluding hydrogens is 1510 g/mol. The molecule has 4 N–H and O–H groups in total. The third-order valence-electron chi connectivity index (χ3n) is 25.6. The first-order valence-electron chi connectivity index (χ1n) is 43.3. The van der Waals surface area contributed by atoms with Crippen LogP contribution < -0.4 is 0 Å². The van der Waals surface area contributed by atoms with Crippen molar-refractivity contribution >= 4 is 123 Å². The molecule has 7 aromatic carbocycles. The Morgan fingerprint density at radius 3 is 0.831 bits per heavy atom. The Morgan fingerprint density at radius 1 is 0.226 bits per heavy atom. The maximum atomic E-state index is 11.3. The quantitative estimate of drug-likeness (QED) is 0.126. The second kappa shape index (κ2) is 28.0. The van der Waals surface area contributed by atoms with Crippen molar-refractivity contribution in [2.45, 2.75) is 209 Å². The highest BCUT2D eigenvalue weighted by molar-refractivity contribution is 6.36. The molecule has 2 aliphatic heterocycles. The lowest BCUT2D eigenvalue weighted by atomic mass is 9.78. The van der Waals surface area contributed by atoms with E-state index in [-0.39, 0.29) is 43.3 Å². The van der Waals surface area contributed by atoms with E-state index in [0.29, 0.717) is 83.7 Å². The van der Waals surface area contributed by atoms with Gasteiger partial charge in [0, 0.05) is 98.8 Å². The smallest absolute Gasteiger partial charge is 0.0992 e. The molecular formula is C112H106N12. The summed E-state index contributed by atoms with van der Waals surface area (Å²) in [6, 6.07) is 66.8. The Hall–Kier alpha value is -13.5. The standard InChI is InChI=1S/C112H106N12/c1-105(2,3)69-39-65(40-70(47-69)106(4,5)6)94-83-29-31-87(119-83)98(64-37-61(57-115)34-62(38-64)58-116)101-77-51-91(121-101)97(68-45-75(111(19,20)21)50-76(46-68)112(22,23)24)92-52-78-80-54-90-96(67-43-73(109(13,14)15)49-74(44-67)110(16,17)18)86-28-26-82(118-86)93(63-35-59(55-113)33-60(36-63)56-114)81-25-27-85(117-81)95(66-41-71(107(7,8)9)48-72(42-66)108(10,11)12)89-53-79(77)103(123-89)100(104(80)124-90)99(102(78)122-92)88-32-30-84(94)120-88/h25-54,117,120-121,124H,1-24H3. The molecule has 11 heterocycles. The van der Waals surface area contributed by atoms with Crippen molar-refractivity contribution < 1.29 is 0 Å². The minimum absolute atomic E-state index is 0.252. The van der Waals surface area contributed by atoms with Crippen molar-refractivity contribution in [3.8, 4) is 91.0 Å². The average molecular weight is 1620 g/mol. The molecule has 0 spiro atoms. The molecule has 124 heavy (non-hydrogen) atoms. The first-order valence-corrected chi connectivity index (χ1v) is 43.3.